The molecule has 2 aliphatic rings. The highest BCUT2D eigenvalue weighted by molar-refractivity contribution is 5.95. The number of likely N-dealkylation sites (tertiary alicyclic amines) is 1. The van der Waals surface area contributed by atoms with Crippen LogP contribution in [-0.2, 0) is 15.1 Å². The summed E-state index contributed by atoms with van der Waals surface area (Å²) in [5.74, 6) is -2.65. The number of carbonyl (C=O) groups is 1. The average molecular weight is 487 g/mol. The summed E-state index contributed by atoms with van der Waals surface area (Å²) in [5.41, 5.74) is -1.04. The molecule has 184 valence electrons. The Hall–Kier alpha value is -2.92. The summed E-state index contributed by atoms with van der Waals surface area (Å²) >= 11 is 0. The molecule has 2 heterocycles. The van der Waals surface area contributed by atoms with Gasteiger partial charge < -0.3 is 23.8 Å². The second-order valence-electron chi connectivity index (χ2n) is 8.08. The molecule has 0 bridgehead atoms. The molecule has 2 aromatic carbocycles. The third kappa shape index (κ3) is 4.29. The van der Waals surface area contributed by atoms with E-state index >= 15 is 0 Å². The largest absolute Gasteiger partial charge is 0.493 e. The lowest BCUT2D eigenvalue weighted by Crippen LogP contribution is -2.54. The molecule has 34 heavy (non-hydrogen) atoms. The predicted octanol–water partition coefficient (Wildman–Crippen LogP) is 4.42. The van der Waals surface area contributed by atoms with Gasteiger partial charge in [0.2, 0.25) is 0 Å². The van der Waals surface area contributed by atoms with E-state index in [9.17, 15) is 26.7 Å². The van der Waals surface area contributed by atoms with Crippen LogP contribution in [-0.4, -0.2) is 56.2 Å². The van der Waals surface area contributed by atoms with Crippen LogP contribution in [0.5, 0.6) is 11.5 Å². The Bertz CT molecular complexity index is 1080. The maximum atomic E-state index is 14.5. The van der Waals surface area contributed by atoms with Crippen LogP contribution in [0.1, 0.15) is 29.3 Å². The minimum atomic E-state index is -4.57. The lowest BCUT2D eigenvalue weighted by Gasteiger charge is -2.42. The number of carbonyl (C=O) groups excluding carboxylic acids is 1. The molecule has 11 heteroatoms. The Kier molecular flexibility index (Phi) is 6.43. The van der Waals surface area contributed by atoms with E-state index in [0.717, 1.165) is 13.0 Å². The Balaban J connectivity index is 1.53. The van der Waals surface area contributed by atoms with E-state index in [2.05, 4.69) is 0 Å². The summed E-state index contributed by atoms with van der Waals surface area (Å²) in [6.45, 7) is 0.921. The minimum absolute atomic E-state index is 0.0315. The number of ether oxygens (including phenoxy) is 4. The van der Waals surface area contributed by atoms with Gasteiger partial charge in [-0.2, -0.15) is 13.2 Å². The van der Waals surface area contributed by atoms with Crippen molar-refractivity contribution in [2.75, 3.05) is 27.0 Å². The SMILES string of the molecule is COc1cc(C(=O)N2CC[C@]3(c4cccc(F)c4F)OCOC3C2)ccc1O[C@@H](C)C(F)(F)F. The number of nitrogens with zero attached hydrogens (tertiary/aromatic N) is 1. The van der Waals surface area contributed by atoms with E-state index in [1.165, 1.54) is 42.3 Å². The van der Waals surface area contributed by atoms with Crippen molar-refractivity contribution < 1.29 is 45.7 Å². The first kappa shape index (κ1) is 24.2. The maximum absolute atomic E-state index is 14.5. The number of rotatable bonds is 5. The summed E-state index contributed by atoms with van der Waals surface area (Å²) in [4.78, 5) is 14.6. The van der Waals surface area contributed by atoms with Gasteiger partial charge in [0, 0.05) is 24.1 Å². The normalized spacial score (nSPS) is 23.4. The monoisotopic (exact) mass is 487 g/mol. The van der Waals surface area contributed by atoms with E-state index in [4.69, 9.17) is 18.9 Å². The number of benzene rings is 2. The predicted molar refractivity (Wildman–Crippen MR) is 109 cm³/mol. The fourth-order valence-corrected chi connectivity index (χ4v) is 4.21. The standard InChI is InChI=1S/C23H22F5NO5/c1-13(23(26,27)28)34-17-7-6-14(10-18(17)31-2)21(30)29-9-8-22(19(11-29)32-12-33-22)15-4-3-5-16(24)20(15)25/h3-7,10,13,19H,8-9,11-12H2,1-2H3/t13-,19?,22+/m0/s1. The first-order valence-electron chi connectivity index (χ1n) is 10.5. The van der Waals surface area contributed by atoms with Crippen LogP contribution in [0.4, 0.5) is 22.0 Å². The van der Waals surface area contributed by atoms with E-state index < -0.39 is 41.5 Å². The molecule has 1 unspecified atom stereocenters. The molecule has 0 radical (unpaired) electrons. The first-order valence-corrected chi connectivity index (χ1v) is 10.5. The molecule has 0 spiro atoms. The minimum Gasteiger partial charge on any atom is -0.493 e. The number of piperidine rings is 1. The number of methoxy groups -OCH3 is 1. The van der Waals surface area contributed by atoms with Crippen LogP contribution in [0.25, 0.3) is 0 Å². The smallest absolute Gasteiger partial charge is 0.425 e. The second-order valence-corrected chi connectivity index (χ2v) is 8.08. The van der Waals surface area contributed by atoms with Crippen LogP contribution in [0, 0.1) is 11.6 Å². The molecule has 2 aromatic rings. The summed E-state index contributed by atoms with van der Waals surface area (Å²) in [6, 6.07) is 7.69. The van der Waals surface area contributed by atoms with E-state index in [1.807, 2.05) is 0 Å². The van der Waals surface area contributed by atoms with Gasteiger partial charge in [0.1, 0.15) is 18.5 Å². The van der Waals surface area contributed by atoms with Gasteiger partial charge >= 0.3 is 6.18 Å². The van der Waals surface area contributed by atoms with Crippen molar-refractivity contribution in [1.29, 1.82) is 0 Å². The van der Waals surface area contributed by atoms with Gasteiger partial charge in [0.15, 0.2) is 29.2 Å². The molecule has 0 saturated carbocycles. The van der Waals surface area contributed by atoms with Crippen LogP contribution in [0.2, 0.25) is 0 Å². The third-order valence-electron chi connectivity index (χ3n) is 6.12. The lowest BCUT2D eigenvalue weighted by molar-refractivity contribution is -0.189. The van der Waals surface area contributed by atoms with Gasteiger partial charge in [-0.1, -0.05) is 12.1 Å². The van der Waals surface area contributed by atoms with Crippen molar-refractivity contribution in [2.24, 2.45) is 0 Å². The van der Waals surface area contributed by atoms with Crippen molar-refractivity contribution in [3.63, 3.8) is 0 Å². The molecular formula is C23H22F5NO5. The van der Waals surface area contributed by atoms with Crippen molar-refractivity contribution in [2.45, 2.75) is 37.3 Å². The first-order chi connectivity index (χ1) is 16.1. The Labute approximate surface area is 192 Å². The highest BCUT2D eigenvalue weighted by Gasteiger charge is 2.52. The topological polar surface area (TPSA) is 57.2 Å². The highest BCUT2D eigenvalue weighted by atomic mass is 19.4. The lowest BCUT2D eigenvalue weighted by atomic mass is 9.81. The third-order valence-corrected chi connectivity index (χ3v) is 6.12. The van der Waals surface area contributed by atoms with Crippen LogP contribution in [0.15, 0.2) is 36.4 Å². The Morgan fingerprint density at radius 2 is 1.97 bits per heavy atom. The zero-order chi connectivity index (χ0) is 24.7. The Morgan fingerprint density at radius 3 is 2.68 bits per heavy atom. The van der Waals surface area contributed by atoms with E-state index in [0.29, 0.717) is 0 Å². The molecule has 0 aliphatic carbocycles. The van der Waals surface area contributed by atoms with Crippen LogP contribution >= 0.6 is 0 Å². The second kappa shape index (κ2) is 9.03. The van der Waals surface area contributed by atoms with Crippen molar-refractivity contribution in [3.8, 4) is 11.5 Å². The molecular weight excluding hydrogens is 465 g/mol. The summed E-state index contributed by atoms with van der Waals surface area (Å²) in [7, 11) is 1.25. The zero-order valence-electron chi connectivity index (χ0n) is 18.3. The number of hydrogen-bond donors (Lipinski definition) is 0. The van der Waals surface area contributed by atoms with E-state index in [-0.39, 0.29) is 48.9 Å². The quantitative estimate of drug-likeness (QED) is 0.585. The van der Waals surface area contributed by atoms with Crippen molar-refractivity contribution >= 4 is 5.91 Å². The molecule has 2 saturated heterocycles. The molecule has 2 fully saturated rings. The fraction of sp³-hybridized carbons (Fsp3) is 0.435. The number of hydrogen-bond acceptors (Lipinski definition) is 5. The molecule has 2 aliphatic heterocycles. The highest BCUT2D eigenvalue weighted by Crippen LogP contribution is 2.44. The maximum Gasteiger partial charge on any atom is 0.425 e. The number of fused-ring (bicyclic) bond motifs is 1. The average Bonchev–Trinajstić information content (AvgIpc) is 3.24. The summed E-state index contributed by atoms with van der Waals surface area (Å²) in [6.07, 6.45) is -7.21. The number of amides is 1. The van der Waals surface area contributed by atoms with Gasteiger partial charge in [0.05, 0.1) is 13.7 Å². The van der Waals surface area contributed by atoms with Gasteiger partial charge in [-0.3, -0.25) is 4.79 Å². The molecule has 1 amide bonds. The molecule has 3 atom stereocenters. The van der Waals surface area contributed by atoms with Crippen molar-refractivity contribution in [1.82, 2.24) is 4.90 Å². The fourth-order valence-electron chi connectivity index (χ4n) is 4.21. The number of halogens is 5. The van der Waals surface area contributed by atoms with Crippen LogP contribution < -0.4 is 9.47 Å². The van der Waals surface area contributed by atoms with Gasteiger partial charge in [-0.25, -0.2) is 8.78 Å². The van der Waals surface area contributed by atoms with E-state index in [1.54, 1.807) is 0 Å². The summed E-state index contributed by atoms with van der Waals surface area (Å²) < 4.78 is 88.3. The van der Waals surface area contributed by atoms with Crippen LogP contribution in [0.3, 0.4) is 0 Å². The molecule has 0 aromatic heterocycles. The molecule has 0 N–H and O–H groups in total. The van der Waals surface area contributed by atoms with Crippen molar-refractivity contribution in [3.05, 3.63) is 59.2 Å². The zero-order valence-corrected chi connectivity index (χ0v) is 18.3. The van der Waals surface area contributed by atoms with Gasteiger partial charge in [0.25, 0.3) is 5.91 Å². The molecule has 6 nitrogen and oxygen atoms in total. The molecule has 4 rings (SSSR count). The van der Waals surface area contributed by atoms with Gasteiger partial charge in [-0.15, -0.1) is 0 Å². The number of alkyl halides is 3. The Morgan fingerprint density at radius 1 is 1.21 bits per heavy atom. The summed E-state index contributed by atoms with van der Waals surface area (Å²) in [5, 5.41) is 0. The van der Waals surface area contributed by atoms with Gasteiger partial charge in [-0.05, 0) is 31.2 Å².